The maximum absolute atomic E-state index is 6.85. The van der Waals surface area contributed by atoms with E-state index in [0.717, 1.165) is 24.5 Å². The number of pyridine rings is 3. The molecule has 2 aliphatic carbocycles. The summed E-state index contributed by atoms with van der Waals surface area (Å²) >= 11 is 0. The summed E-state index contributed by atoms with van der Waals surface area (Å²) in [6, 6.07) is 31.5. The van der Waals surface area contributed by atoms with E-state index in [-0.39, 0.29) is 0 Å². The van der Waals surface area contributed by atoms with Gasteiger partial charge in [-0.05, 0) is 70.6 Å². The number of fused-ring (bicyclic) bond motifs is 10. The quantitative estimate of drug-likeness (QED) is 0.102. The summed E-state index contributed by atoms with van der Waals surface area (Å²) in [4.78, 5) is 0. The Bertz CT molecular complexity index is 2910. The maximum atomic E-state index is 6.85. The van der Waals surface area contributed by atoms with Gasteiger partial charge in [0.05, 0.1) is 28.0 Å². The van der Waals surface area contributed by atoms with Crippen molar-refractivity contribution in [1.82, 2.24) is 4.40 Å². The van der Waals surface area contributed by atoms with Crippen LogP contribution in [0.4, 0.5) is 0 Å². The number of nitrogens with zero attached hydrogens (tertiary/aromatic N) is 3. The van der Waals surface area contributed by atoms with Gasteiger partial charge < -0.3 is 9.14 Å². The molecule has 13 rings (SSSR count). The van der Waals surface area contributed by atoms with Crippen molar-refractivity contribution in [3.05, 3.63) is 137 Å². The van der Waals surface area contributed by atoms with Crippen LogP contribution < -0.4 is 13.9 Å². The monoisotopic (exact) mass is 573 g/mol. The molecule has 0 radical (unpaired) electrons. The Morgan fingerprint density at radius 3 is 2.64 bits per heavy atom. The molecule has 4 nitrogen and oxygen atoms in total. The molecule has 1 unspecified atom stereocenters. The van der Waals surface area contributed by atoms with Gasteiger partial charge in [0.25, 0.3) is 0 Å². The minimum absolute atomic E-state index is 0.594. The fraction of sp³-hybridized carbons (Fsp3) is 0.0732. The largest absolute Gasteiger partial charge is 0.426 e. The summed E-state index contributed by atoms with van der Waals surface area (Å²) in [6.07, 6.45) is 13.6. The lowest BCUT2D eigenvalue weighted by atomic mass is 9.81. The lowest BCUT2D eigenvalue weighted by Gasteiger charge is -2.26. The zero-order chi connectivity index (χ0) is 28.8. The molecule has 45 heavy (non-hydrogen) atoms. The highest BCUT2D eigenvalue weighted by Gasteiger charge is 2.71. The van der Waals surface area contributed by atoms with Crippen LogP contribution >= 0.6 is 0 Å². The van der Waals surface area contributed by atoms with Gasteiger partial charge in [0.2, 0.25) is 11.2 Å². The predicted molar refractivity (Wildman–Crippen MR) is 177 cm³/mol. The third kappa shape index (κ3) is 2.06. The van der Waals surface area contributed by atoms with Gasteiger partial charge in [-0.15, -0.1) is 4.57 Å². The SMILES string of the molecule is C1=Cc2c3c(ccc4c3c(c3c5ccc6[n+]7c5c5c(c8ccccc8n5c23)C72c3c(cccc3-c3cccc[n+]32)O6)CC=C4)C1. The molecule has 206 valence electrons. The molecular weight excluding hydrogens is 550 g/mol. The molecule has 1 atom stereocenters. The van der Waals surface area contributed by atoms with Gasteiger partial charge in [0.1, 0.15) is 11.1 Å². The Labute approximate surface area is 257 Å². The van der Waals surface area contributed by atoms with Crippen LogP contribution in [-0.4, -0.2) is 4.40 Å². The Hall–Kier alpha value is -5.74. The molecule has 7 heterocycles. The van der Waals surface area contributed by atoms with Gasteiger partial charge in [-0.25, -0.2) is 0 Å². The maximum Gasteiger partial charge on any atom is 0.426 e. The molecule has 0 saturated carbocycles. The number of hydrogen-bond donors (Lipinski definition) is 0. The lowest BCUT2D eigenvalue weighted by Crippen LogP contribution is -2.72. The minimum Gasteiger partial charge on any atom is -0.404 e. The van der Waals surface area contributed by atoms with E-state index in [1.807, 2.05) is 0 Å². The number of aromatic nitrogens is 3. The van der Waals surface area contributed by atoms with Crippen molar-refractivity contribution < 1.29 is 13.9 Å². The summed E-state index contributed by atoms with van der Waals surface area (Å²) in [7, 11) is 0. The molecule has 4 aromatic heterocycles. The van der Waals surface area contributed by atoms with Crippen LogP contribution in [0.2, 0.25) is 0 Å². The highest BCUT2D eigenvalue weighted by molar-refractivity contribution is 6.24. The summed E-state index contributed by atoms with van der Waals surface area (Å²) in [5.74, 6) is 1.83. The predicted octanol–water partition coefficient (Wildman–Crippen LogP) is 7.96. The van der Waals surface area contributed by atoms with E-state index >= 15 is 0 Å². The second-order valence-electron chi connectivity index (χ2n) is 13.1. The first-order valence-corrected chi connectivity index (χ1v) is 15.9. The molecule has 4 aromatic carbocycles. The molecular formula is C41H23N3O+2. The summed E-state index contributed by atoms with van der Waals surface area (Å²) in [6.45, 7) is 0. The molecule has 0 bridgehead atoms. The normalized spacial score (nSPS) is 18.6. The first-order chi connectivity index (χ1) is 22.4. The summed E-state index contributed by atoms with van der Waals surface area (Å²) in [5.41, 5.74) is 15.1. The van der Waals surface area contributed by atoms with Crippen LogP contribution in [0.5, 0.6) is 11.6 Å². The third-order valence-corrected chi connectivity index (χ3v) is 11.4. The van der Waals surface area contributed by atoms with Gasteiger partial charge in [-0.3, -0.25) is 0 Å². The first kappa shape index (κ1) is 21.9. The van der Waals surface area contributed by atoms with Crippen LogP contribution in [0.25, 0.3) is 72.4 Å². The van der Waals surface area contributed by atoms with Crippen molar-refractivity contribution >= 4 is 61.1 Å². The molecule has 5 aliphatic rings. The molecule has 8 aromatic rings. The van der Waals surface area contributed by atoms with Crippen molar-refractivity contribution in [2.75, 3.05) is 0 Å². The average Bonchev–Trinajstić information content (AvgIpc) is 3.71. The molecule has 0 N–H and O–H groups in total. The smallest absolute Gasteiger partial charge is 0.404 e. The lowest BCUT2D eigenvalue weighted by molar-refractivity contribution is -0.952. The highest BCUT2D eigenvalue weighted by atomic mass is 16.5. The van der Waals surface area contributed by atoms with E-state index in [2.05, 4.69) is 129 Å². The zero-order valence-corrected chi connectivity index (χ0v) is 24.1. The first-order valence-electron chi connectivity index (χ1n) is 15.9. The molecule has 1 spiro atoms. The Morgan fingerprint density at radius 2 is 1.64 bits per heavy atom. The second kappa shape index (κ2) is 6.82. The van der Waals surface area contributed by atoms with E-state index in [0.29, 0.717) is 0 Å². The summed E-state index contributed by atoms with van der Waals surface area (Å²) < 4.78 is 14.5. The standard InChI is InChI=1S/C41H23N3O/c1-2-15-30-25(10-1)37-40-39-28(35-26-12-5-8-22-17-18-23-9-6-13-27(34(23)33(22)26)38(35)43(30)40)19-20-32-44(39)41(37)36-24(11-7-16-31(36)45-32)29-14-3-4-21-42(29)41/h1-8,10-11,13-21H,9,12H2/q+2. The molecule has 0 saturated heterocycles. The van der Waals surface area contributed by atoms with E-state index in [4.69, 9.17) is 4.74 Å². The Balaban J connectivity index is 1.41. The summed E-state index contributed by atoms with van der Waals surface area (Å²) in [5, 5.41) is 6.82. The van der Waals surface area contributed by atoms with Crippen molar-refractivity contribution in [3.63, 3.8) is 0 Å². The number of ether oxygens (including phenoxy) is 1. The minimum atomic E-state index is -0.594. The van der Waals surface area contributed by atoms with E-state index in [1.165, 1.54) is 93.6 Å². The Kier molecular flexibility index (Phi) is 3.31. The number of para-hydroxylation sites is 1. The molecule has 3 aliphatic heterocycles. The van der Waals surface area contributed by atoms with Crippen LogP contribution in [0.15, 0.2) is 103 Å². The molecule has 0 amide bonds. The van der Waals surface area contributed by atoms with Gasteiger partial charge in [0.15, 0.2) is 17.5 Å². The zero-order valence-electron chi connectivity index (χ0n) is 24.1. The third-order valence-electron chi connectivity index (χ3n) is 11.4. The fourth-order valence-corrected chi connectivity index (χ4v) is 9.99. The van der Waals surface area contributed by atoms with E-state index in [1.54, 1.807) is 0 Å². The Morgan fingerprint density at radius 1 is 0.711 bits per heavy atom. The van der Waals surface area contributed by atoms with Crippen molar-refractivity contribution in [1.29, 1.82) is 0 Å². The van der Waals surface area contributed by atoms with Crippen LogP contribution in [-0.2, 0) is 18.5 Å². The van der Waals surface area contributed by atoms with Gasteiger partial charge in [-0.2, -0.15) is 0 Å². The second-order valence-corrected chi connectivity index (χ2v) is 13.1. The number of benzene rings is 4. The van der Waals surface area contributed by atoms with E-state index < -0.39 is 5.66 Å². The topological polar surface area (TPSA) is 21.4 Å². The van der Waals surface area contributed by atoms with Gasteiger partial charge in [0, 0.05) is 28.5 Å². The van der Waals surface area contributed by atoms with Crippen molar-refractivity contribution in [2.24, 2.45) is 0 Å². The molecule has 0 fully saturated rings. The van der Waals surface area contributed by atoms with Gasteiger partial charge >= 0.3 is 11.5 Å². The number of rotatable bonds is 0. The van der Waals surface area contributed by atoms with Crippen molar-refractivity contribution in [3.8, 4) is 22.9 Å². The van der Waals surface area contributed by atoms with E-state index in [9.17, 15) is 0 Å². The van der Waals surface area contributed by atoms with Crippen LogP contribution in [0.3, 0.4) is 0 Å². The van der Waals surface area contributed by atoms with Crippen LogP contribution in [0.1, 0.15) is 33.4 Å². The average molecular weight is 574 g/mol. The van der Waals surface area contributed by atoms with Crippen molar-refractivity contribution in [2.45, 2.75) is 18.5 Å². The van der Waals surface area contributed by atoms with Crippen LogP contribution in [0, 0.1) is 0 Å². The number of allylic oxidation sites excluding steroid dienone is 2. The highest BCUT2D eigenvalue weighted by Crippen LogP contribution is 2.57. The van der Waals surface area contributed by atoms with Gasteiger partial charge in [-0.1, -0.05) is 65.3 Å². The number of hydrogen-bond acceptors (Lipinski definition) is 1. The fourth-order valence-electron chi connectivity index (χ4n) is 9.99. The molecule has 4 heteroatoms.